The number of nitrogens with zero attached hydrogens (tertiary/aromatic N) is 1. The lowest BCUT2D eigenvalue weighted by Gasteiger charge is -2.21. The van der Waals surface area contributed by atoms with Crippen LogP contribution in [0.15, 0.2) is 24.3 Å². The number of benzene rings is 1. The lowest BCUT2D eigenvalue weighted by molar-refractivity contribution is -0.140. The Morgan fingerprint density at radius 3 is 2.48 bits per heavy atom. The number of halogens is 1. The highest BCUT2D eigenvalue weighted by atomic mass is 35.5. The molecule has 0 aliphatic heterocycles. The number of carbonyl (C=O) groups excluding carboxylic acids is 1. The van der Waals surface area contributed by atoms with Crippen LogP contribution in [0.4, 0.5) is 0 Å². The molecular weight excluding hydrogens is 316 g/mol. The van der Waals surface area contributed by atoms with E-state index in [-0.39, 0.29) is 13.0 Å². The fourth-order valence-corrected chi connectivity index (χ4v) is 2.82. The molecule has 0 fully saturated rings. The molecule has 1 aromatic carbocycles. The molecule has 118 valence electrons. The third kappa shape index (κ3) is 5.62. The van der Waals surface area contributed by atoms with E-state index in [9.17, 15) is 13.2 Å². The van der Waals surface area contributed by atoms with Crippen LogP contribution < -0.4 is 4.72 Å². The van der Waals surface area contributed by atoms with Crippen LogP contribution in [0.3, 0.4) is 0 Å². The van der Waals surface area contributed by atoms with Gasteiger partial charge in [-0.1, -0.05) is 23.7 Å². The fraction of sp³-hybridized carbons (Fsp3) is 0.462. The summed E-state index contributed by atoms with van der Waals surface area (Å²) >= 11 is 5.79. The van der Waals surface area contributed by atoms with E-state index >= 15 is 0 Å². The van der Waals surface area contributed by atoms with Gasteiger partial charge in [0.25, 0.3) is 10.2 Å². The number of methoxy groups -OCH3 is 1. The van der Waals surface area contributed by atoms with Gasteiger partial charge in [0.2, 0.25) is 0 Å². The van der Waals surface area contributed by atoms with Gasteiger partial charge in [-0.05, 0) is 24.6 Å². The van der Waals surface area contributed by atoms with Crippen LogP contribution in [0.25, 0.3) is 0 Å². The summed E-state index contributed by atoms with van der Waals surface area (Å²) in [6, 6.07) is 6.49. The molecule has 1 rings (SSSR count). The van der Waals surface area contributed by atoms with E-state index in [1.165, 1.54) is 14.2 Å². The summed E-state index contributed by atoms with van der Waals surface area (Å²) in [5.74, 6) is -0.456. The molecular formula is C13H19ClN2O4S. The van der Waals surface area contributed by atoms with Crippen molar-refractivity contribution in [1.29, 1.82) is 0 Å². The minimum atomic E-state index is -3.68. The number of ether oxygens (including phenoxy) is 1. The summed E-state index contributed by atoms with van der Waals surface area (Å²) in [5, 5.41) is 0.587. The van der Waals surface area contributed by atoms with E-state index in [0.29, 0.717) is 5.02 Å². The van der Waals surface area contributed by atoms with Gasteiger partial charge >= 0.3 is 5.97 Å². The summed E-state index contributed by atoms with van der Waals surface area (Å²) in [4.78, 5) is 11.0. The minimum absolute atomic E-state index is 0.00321. The number of hydrogen-bond acceptors (Lipinski definition) is 4. The Labute approximate surface area is 130 Å². The molecule has 6 nitrogen and oxygen atoms in total. The Morgan fingerprint density at radius 1 is 1.38 bits per heavy atom. The number of carbonyl (C=O) groups is 1. The first kappa shape index (κ1) is 17.9. The number of esters is 1. The second-order valence-electron chi connectivity index (χ2n) is 4.54. The van der Waals surface area contributed by atoms with Crippen molar-refractivity contribution in [1.82, 2.24) is 9.03 Å². The van der Waals surface area contributed by atoms with Gasteiger partial charge in [-0.25, -0.2) is 0 Å². The highest BCUT2D eigenvalue weighted by Crippen LogP contribution is 2.17. The quantitative estimate of drug-likeness (QED) is 0.770. The van der Waals surface area contributed by atoms with Crippen molar-refractivity contribution in [3.63, 3.8) is 0 Å². The molecule has 0 aromatic heterocycles. The van der Waals surface area contributed by atoms with E-state index in [2.05, 4.69) is 9.46 Å². The van der Waals surface area contributed by atoms with E-state index in [0.717, 1.165) is 9.87 Å². The first-order chi connectivity index (χ1) is 9.76. The van der Waals surface area contributed by atoms with Crippen molar-refractivity contribution in [2.45, 2.75) is 19.4 Å². The van der Waals surface area contributed by atoms with Crippen LogP contribution >= 0.6 is 11.6 Å². The summed E-state index contributed by atoms with van der Waals surface area (Å²) in [7, 11) is -1.01. The van der Waals surface area contributed by atoms with Gasteiger partial charge in [0, 0.05) is 24.7 Å². The Morgan fingerprint density at radius 2 is 1.95 bits per heavy atom. The van der Waals surface area contributed by atoms with Gasteiger partial charge in [0.1, 0.15) is 0 Å². The molecule has 0 aliphatic rings. The maximum atomic E-state index is 12.1. The van der Waals surface area contributed by atoms with Gasteiger partial charge in [0.15, 0.2) is 0 Å². The van der Waals surface area contributed by atoms with Crippen molar-refractivity contribution >= 4 is 27.8 Å². The molecule has 1 N–H and O–H groups in total. The van der Waals surface area contributed by atoms with Crippen molar-refractivity contribution in [2.24, 2.45) is 0 Å². The van der Waals surface area contributed by atoms with Crippen LogP contribution in [0.5, 0.6) is 0 Å². The van der Waals surface area contributed by atoms with Gasteiger partial charge < -0.3 is 4.74 Å². The molecule has 0 spiro atoms. The molecule has 1 atom stereocenters. The smallest absolute Gasteiger partial charge is 0.306 e. The van der Waals surface area contributed by atoms with Crippen LogP contribution in [0, 0.1) is 0 Å². The molecule has 0 radical (unpaired) electrons. The predicted molar refractivity (Wildman–Crippen MR) is 81.2 cm³/mol. The SMILES string of the molecule is COC(=O)CCN(C)S(=O)(=O)N[C@@H](C)c1ccc(Cl)cc1. The molecule has 0 saturated carbocycles. The fourth-order valence-electron chi connectivity index (χ4n) is 1.60. The first-order valence-electron chi connectivity index (χ1n) is 6.32. The van der Waals surface area contributed by atoms with Gasteiger partial charge in [-0.3, -0.25) is 4.79 Å². The monoisotopic (exact) mass is 334 g/mol. The zero-order valence-electron chi connectivity index (χ0n) is 12.2. The van der Waals surface area contributed by atoms with E-state index in [1.54, 1.807) is 31.2 Å². The zero-order valence-corrected chi connectivity index (χ0v) is 13.7. The van der Waals surface area contributed by atoms with E-state index < -0.39 is 22.2 Å². The lowest BCUT2D eigenvalue weighted by atomic mass is 10.1. The predicted octanol–water partition coefficient (Wildman–Crippen LogP) is 1.73. The second-order valence-corrected chi connectivity index (χ2v) is 6.79. The third-order valence-corrected chi connectivity index (χ3v) is 4.87. The molecule has 1 aromatic rings. The molecule has 0 amide bonds. The summed E-state index contributed by atoms with van der Waals surface area (Å²) in [6.07, 6.45) is 0.00321. The topological polar surface area (TPSA) is 75.7 Å². The largest absolute Gasteiger partial charge is 0.469 e. The first-order valence-corrected chi connectivity index (χ1v) is 8.14. The second kappa shape index (κ2) is 7.74. The Hall–Kier alpha value is -1.15. The van der Waals surface area contributed by atoms with Crippen LogP contribution in [0.2, 0.25) is 5.02 Å². The van der Waals surface area contributed by atoms with Crippen molar-refractivity contribution < 1.29 is 17.9 Å². The van der Waals surface area contributed by atoms with Crippen LogP contribution in [-0.4, -0.2) is 39.4 Å². The molecule has 0 saturated heterocycles. The minimum Gasteiger partial charge on any atom is -0.469 e. The van der Waals surface area contributed by atoms with Crippen molar-refractivity contribution in [3.05, 3.63) is 34.9 Å². The van der Waals surface area contributed by atoms with Crippen LogP contribution in [0.1, 0.15) is 24.9 Å². The molecule has 0 heterocycles. The molecule has 0 bridgehead atoms. The summed E-state index contributed by atoms with van der Waals surface area (Å²) in [5.41, 5.74) is 0.796. The van der Waals surface area contributed by atoms with Crippen molar-refractivity contribution in [3.8, 4) is 0 Å². The zero-order chi connectivity index (χ0) is 16.0. The average molecular weight is 335 g/mol. The maximum Gasteiger partial charge on any atom is 0.306 e. The van der Waals surface area contributed by atoms with Gasteiger partial charge in [0.05, 0.1) is 13.5 Å². The Kier molecular flexibility index (Phi) is 6.60. The molecule has 0 unspecified atom stereocenters. The molecule has 0 aliphatic carbocycles. The highest BCUT2D eigenvalue weighted by molar-refractivity contribution is 7.87. The Bertz CT molecular complexity index is 574. The molecule has 8 heteroatoms. The summed E-state index contributed by atoms with van der Waals surface area (Å²) in [6.45, 7) is 1.78. The average Bonchev–Trinajstić information content (AvgIpc) is 2.44. The van der Waals surface area contributed by atoms with Crippen LogP contribution in [-0.2, 0) is 19.7 Å². The number of hydrogen-bond donors (Lipinski definition) is 1. The standard InChI is InChI=1S/C13H19ClN2O4S/c1-10(11-4-6-12(14)7-5-11)15-21(18,19)16(2)9-8-13(17)20-3/h4-7,10,15H,8-9H2,1-3H3/t10-/m0/s1. The van der Waals surface area contributed by atoms with E-state index in [4.69, 9.17) is 11.6 Å². The third-order valence-electron chi connectivity index (χ3n) is 2.96. The van der Waals surface area contributed by atoms with Gasteiger partial charge in [-0.15, -0.1) is 0 Å². The van der Waals surface area contributed by atoms with E-state index in [1.807, 2.05) is 0 Å². The lowest BCUT2D eigenvalue weighted by Crippen LogP contribution is -2.40. The number of rotatable bonds is 7. The Balaban J connectivity index is 2.66. The van der Waals surface area contributed by atoms with Gasteiger partial charge in [-0.2, -0.15) is 17.4 Å². The maximum absolute atomic E-state index is 12.1. The highest BCUT2D eigenvalue weighted by Gasteiger charge is 2.21. The van der Waals surface area contributed by atoms with Crippen molar-refractivity contribution in [2.75, 3.05) is 20.7 Å². The summed E-state index contributed by atoms with van der Waals surface area (Å²) < 4.78 is 32.3. The normalized spacial score (nSPS) is 13.2. The number of nitrogens with one attached hydrogen (secondary N) is 1. The molecule has 21 heavy (non-hydrogen) atoms.